The van der Waals surface area contributed by atoms with Crippen LogP contribution in [0, 0.1) is 19.8 Å². The van der Waals surface area contributed by atoms with Crippen LogP contribution in [0.1, 0.15) is 29.5 Å². The number of halogens is 2. The summed E-state index contributed by atoms with van der Waals surface area (Å²) in [7, 11) is 0. The summed E-state index contributed by atoms with van der Waals surface area (Å²) < 4.78 is 0. The molecule has 1 fully saturated rings. The second-order valence-electron chi connectivity index (χ2n) is 8.18. The molecule has 0 radical (unpaired) electrons. The molecule has 0 bridgehead atoms. The highest BCUT2D eigenvalue weighted by molar-refractivity contribution is 6.49. The Morgan fingerprint density at radius 2 is 1.84 bits per heavy atom. The lowest BCUT2D eigenvalue weighted by atomic mass is 9.96. The first-order valence-corrected chi connectivity index (χ1v) is 11.1. The molecular formula is C24H24Cl2N2O3. The van der Waals surface area contributed by atoms with Crippen LogP contribution in [0.15, 0.2) is 42.1 Å². The van der Waals surface area contributed by atoms with Gasteiger partial charge in [0, 0.05) is 19.7 Å². The topological polar surface area (TPSA) is 60.9 Å². The minimum absolute atomic E-state index is 0.0503. The van der Waals surface area contributed by atoms with Gasteiger partial charge in [-0.2, -0.15) is 0 Å². The lowest BCUT2D eigenvalue weighted by molar-refractivity contribution is -0.120. The molecule has 162 valence electrons. The van der Waals surface area contributed by atoms with E-state index in [1.54, 1.807) is 18.2 Å². The number of aliphatic hydroxyl groups excluding tert-OH is 1. The number of piperidine rings is 1. The number of carbonyl (C=O) groups excluding carboxylic acids is 2. The van der Waals surface area contributed by atoms with Crippen molar-refractivity contribution in [3.63, 3.8) is 0 Å². The molecule has 2 heterocycles. The fourth-order valence-corrected chi connectivity index (χ4v) is 4.65. The third-order valence-corrected chi connectivity index (χ3v) is 6.93. The van der Waals surface area contributed by atoms with Crippen LogP contribution in [0.3, 0.4) is 0 Å². The van der Waals surface area contributed by atoms with Gasteiger partial charge in [-0.05, 0) is 61.4 Å². The summed E-state index contributed by atoms with van der Waals surface area (Å²) in [6.45, 7) is 5.21. The van der Waals surface area contributed by atoms with Crippen LogP contribution in [0.2, 0.25) is 10.0 Å². The zero-order valence-electron chi connectivity index (χ0n) is 17.5. The smallest absolute Gasteiger partial charge is 0.282 e. The van der Waals surface area contributed by atoms with Gasteiger partial charge in [0.2, 0.25) is 0 Å². The lowest BCUT2D eigenvalue weighted by Crippen LogP contribution is -2.40. The Labute approximate surface area is 191 Å². The number of rotatable bonds is 4. The zero-order valence-corrected chi connectivity index (χ0v) is 19.0. The first-order valence-electron chi connectivity index (χ1n) is 10.3. The Kier molecular flexibility index (Phi) is 6.11. The molecule has 0 saturated carbocycles. The van der Waals surface area contributed by atoms with Crippen LogP contribution in [0.5, 0.6) is 0 Å². The average molecular weight is 459 g/mol. The van der Waals surface area contributed by atoms with Crippen LogP contribution in [-0.2, 0) is 9.59 Å². The molecule has 1 atom stereocenters. The Hall–Kier alpha value is -2.34. The van der Waals surface area contributed by atoms with Crippen LogP contribution in [-0.4, -0.2) is 41.5 Å². The highest BCUT2D eigenvalue weighted by Gasteiger charge is 2.44. The fraction of sp³-hybridized carbons (Fsp3) is 0.333. The zero-order chi connectivity index (χ0) is 22.3. The molecule has 31 heavy (non-hydrogen) atoms. The number of anilines is 1. The Bertz CT molecular complexity index is 1100. The molecule has 4 rings (SSSR count). The minimum atomic E-state index is -0.418. The van der Waals surface area contributed by atoms with E-state index in [2.05, 4.69) is 0 Å². The molecule has 0 aliphatic carbocycles. The number of likely N-dealkylation sites (tertiary alicyclic amines) is 1. The van der Waals surface area contributed by atoms with Crippen molar-refractivity contribution in [1.82, 2.24) is 4.90 Å². The first-order chi connectivity index (χ1) is 14.8. The number of hydrogen-bond acceptors (Lipinski definition) is 4. The molecule has 1 saturated heterocycles. The van der Waals surface area contributed by atoms with Crippen molar-refractivity contribution < 1.29 is 14.7 Å². The van der Waals surface area contributed by atoms with Gasteiger partial charge in [-0.15, -0.1) is 0 Å². The number of hydrogen-bond donors (Lipinski definition) is 1. The third-order valence-electron chi connectivity index (χ3n) is 6.12. The number of nitrogens with zero attached hydrogens (tertiary/aromatic N) is 2. The maximum Gasteiger partial charge on any atom is 0.282 e. The van der Waals surface area contributed by atoms with Crippen LogP contribution >= 0.6 is 23.2 Å². The van der Waals surface area contributed by atoms with E-state index in [-0.39, 0.29) is 28.3 Å². The normalized spacial score (nSPS) is 19.6. The van der Waals surface area contributed by atoms with Gasteiger partial charge in [0.25, 0.3) is 11.8 Å². The lowest BCUT2D eigenvalue weighted by Gasteiger charge is -2.34. The maximum absolute atomic E-state index is 13.7. The van der Waals surface area contributed by atoms with Crippen molar-refractivity contribution in [3.05, 3.63) is 68.8 Å². The second kappa shape index (κ2) is 8.65. The van der Waals surface area contributed by atoms with Crippen molar-refractivity contribution in [2.45, 2.75) is 26.7 Å². The fourth-order valence-electron chi connectivity index (χ4n) is 4.27. The van der Waals surface area contributed by atoms with Crippen LogP contribution < -0.4 is 4.90 Å². The molecule has 0 spiro atoms. The van der Waals surface area contributed by atoms with Crippen molar-refractivity contribution in [2.24, 2.45) is 5.92 Å². The molecule has 2 amide bonds. The molecule has 0 aromatic heterocycles. The summed E-state index contributed by atoms with van der Waals surface area (Å²) in [6.07, 6.45) is 1.74. The van der Waals surface area contributed by atoms with E-state index in [0.717, 1.165) is 28.9 Å². The molecular weight excluding hydrogens is 435 g/mol. The summed E-state index contributed by atoms with van der Waals surface area (Å²) in [5.74, 6) is -0.770. The van der Waals surface area contributed by atoms with E-state index in [1.165, 1.54) is 0 Å². The maximum atomic E-state index is 13.7. The molecule has 2 aliphatic rings. The van der Waals surface area contributed by atoms with E-state index in [1.807, 2.05) is 36.9 Å². The quantitative estimate of drug-likeness (QED) is 0.680. The standard InChI is InChI=1S/C24H24Cl2N2O3/c1-14-8-9-17(11-15(14)2)20-22(27-10-4-5-16(12-27)13-29)24(31)28(23(20)30)19-7-3-6-18(25)21(19)26/h3,6-9,11,16,29H,4-5,10,12-13H2,1-2H3. The van der Waals surface area contributed by atoms with E-state index in [0.29, 0.717) is 29.9 Å². The Morgan fingerprint density at radius 1 is 1.06 bits per heavy atom. The minimum Gasteiger partial charge on any atom is -0.396 e. The summed E-state index contributed by atoms with van der Waals surface area (Å²) in [5, 5.41) is 10.1. The number of benzene rings is 2. The van der Waals surface area contributed by atoms with Crippen molar-refractivity contribution >= 4 is 46.3 Å². The Morgan fingerprint density at radius 3 is 2.55 bits per heavy atom. The summed E-state index contributed by atoms with van der Waals surface area (Å²) >= 11 is 12.5. The first kappa shape index (κ1) is 21.9. The van der Waals surface area contributed by atoms with E-state index in [9.17, 15) is 14.7 Å². The predicted octanol–water partition coefficient (Wildman–Crippen LogP) is 4.60. The van der Waals surface area contributed by atoms with Gasteiger partial charge in [0.05, 0.1) is 21.3 Å². The number of aryl methyl sites for hydroxylation is 2. The van der Waals surface area contributed by atoms with Gasteiger partial charge in [-0.3, -0.25) is 9.59 Å². The number of imide groups is 1. The summed E-state index contributed by atoms with van der Waals surface area (Å²) in [5.41, 5.74) is 3.84. The van der Waals surface area contributed by atoms with Crippen molar-refractivity contribution in [2.75, 3.05) is 24.6 Å². The van der Waals surface area contributed by atoms with Gasteiger partial charge in [-0.1, -0.05) is 47.5 Å². The molecule has 2 aromatic rings. The SMILES string of the molecule is Cc1ccc(C2=C(N3CCCC(CO)C3)C(=O)N(c3cccc(Cl)c3Cl)C2=O)cc1C. The van der Waals surface area contributed by atoms with E-state index < -0.39 is 11.8 Å². The predicted molar refractivity (Wildman–Crippen MR) is 123 cm³/mol. The molecule has 5 nitrogen and oxygen atoms in total. The number of aliphatic hydroxyl groups is 1. The highest BCUT2D eigenvalue weighted by Crippen LogP contribution is 2.40. The summed E-state index contributed by atoms with van der Waals surface area (Å²) in [6, 6.07) is 10.7. The monoisotopic (exact) mass is 458 g/mol. The van der Waals surface area contributed by atoms with E-state index in [4.69, 9.17) is 23.2 Å². The van der Waals surface area contributed by atoms with Crippen LogP contribution in [0.4, 0.5) is 5.69 Å². The highest BCUT2D eigenvalue weighted by atomic mass is 35.5. The van der Waals surface area contributed by atoms with Gasteiger partial charge in [0.15, 0.2) is 0 Å². The van der Waals surface area contributed by atoms with Gasteiger partial charge >= 0.3 is 0 Å². The molecule has 2 aliphatic heterocycles. The molecule has 1 N–H and O–H groups in total. The van der Waals surface area contributed by atoms with Crippen molar-refractivity contribution in [1.29, 1.82) is 0 Å². The average Bonchev–Trinajstić information content (AvgIpc) is 3.02. The number of carbonyl (C=O) groups is 2. The van der Waals surface area contributed by atoms with E-state index >= 15 is 0 Å². The third kappa shape index (κ3) is 3.86. The van der Waals surface area contributed by atoms with Crippen molar-refractivity contribution in [3.8, 4) is 0 Å². The summed E-state index contributed by atoms with van der Waals surface area (Å²) in [4.78, 5) is 30.4. The number of amides is 2. The second-order valence-corrected chi connectivity index (χ2v) is 8.96. The molecule has 2 aromatic carbocycles. The molecule has 1 unspecified atom stereocenters. The van der Waals surface area contributed by atoms with Gasteiger partial charge in [0.1, 0.15) is 5.70 Å². The van der Waals surface area contributed by atoms with Gasteiger partial charge in [-0.25, -0.2) is 4.90 Å². The van der Waals surface area contributed by atoms with Gasteiger partial charge < -0.3 is 10.0 Å². The molecule has 7 heteroatoms. The largest absolute Gasteiger partial charge is 0.396 e. The Balaban J connectivity index is 1.87. The van der Waals surface area contributed by atoms with Crippen LogP contribution in [0.25, 0.3) is 5.57 Å².